The standard InChI is InChI=1S/C21H18N2.ClH/c22-15-17-11-13-18(14-12-17)16-23-21(19-7-3-1-4-8-19)20-9-5-2-6-10-20;/h1-14,21,23H,16H2;1H. The fraction of sp³-hybridized carbons (Fsp3) is 0.0952. The summed E-state index contributed by atoms with van der Waals surface area (Å²) >= 11 is 0. The second-order valence-corrected chi connectivity index (χ2v) is 5.44. The van der Waals surface area contributed by atoms with Crippen molar-refractivity contribution in [1.82, 2.24) is 5.32 Å². The number of rotatable bonds is 5. The Labute approximate surface area is 150 Å². The molecule has 0 saturated heterocycles. The topological polar surface area (TPSA) is 35.8 Å². The molecule has 0 aromatic heterocycles. The maximum atomic E-state index is 8.88. The second-order valence-electron chi connectivity index (χ2n) is 5.44. The van der Waals surface area contributed by atoms with E-state index >= 15 is 0 Å². The Morgan fingerprint density at radius 2 is 1.29 bits per heavy atom. The first-order valence-corrected chi connectivity index (χ1v) is 7.69. The molecule has 0 atom stereocenters. The predicted octanol–water partition coefficient (Wildman–Crippen LogP) is 1.55. The molecule has 0 radical (unpaired) electrons. The van der Waals surface area contributed by atoms with E-state index < -0.39 is 0 Å². The zero-order chi connectivity index (χ0) is 15.9. The zero-order valence-corrected chi connectivity index (χ0v) is 13.9. The van der Waals surface area contributed by atoms with Gasteiger partial charge in [0.2, 0.25) is 0 Å². The van der Waals surface area contributed by atoms with Crippen molar-refractivity contribution in [2.45, 2.75) is 12.6 Å². The molecule has 0 amide bonds. The van der Waals surface area contributed by atoms with E-state index in [9.17, 15) is 0 Å². The van der Waals surface area contributed by atoms with Crippen molar-refractivity contribution in [1.29, 1.82) is 5.26 Å². The molecule has 120 valence electrons. The van der Waals surface area contributed by atoms with Crippen LogP contribution < -0.4 is 17.7 Å². The Morgan fingerprint density at radius 3 is 1.75 bits per heavy atom. The summed E-state index contributed by atoms with van der Waals surface area (Å²) in [7, 11) is 0. The molecular formula is C21H19ClN2. The third-order valence-electron chi connectivity index (χ3n) is 3.86. The Kier molecular flexibility index (Phi) is 6.57. The number of nitriles is 1. The number of halogens is 1. The minimum atomic E-state index is 0. The maximum Gasteiger partial charge on any atom is 1.00 e. The fourth-order valence-electron chi connectivity index (χ4n) is 2.64. The molecule has 0 saturated carbocycles. The average molecular weight is 335 g/mol. The van der Waals surface area contributed by atoms with Crippen molar-refractivity contribution in [3.63, 3.8) is 0 Å². The molecule has 0 heterocycles. The summed E-state index contributed by atoms with van der Waals surface area (Å²) in [6.07, 6.45) is 0. The van der Waals surface area contributed by atoms with E-state index in [0.717, 1.165) is 6.54 Å². The van der Waals surface area contributed by atoms with Gasteiger partial charge in [-0.25, -0.2) is 0 Å². The summed E-state index contributed by atoms with van der Waals surface area (Å²) in [5.41, 5.74) is 4.34. The van der Waals surface area contributed by atoms with E-state index in [1.807, 2.05) is 36.4 Å². The molecule has 1 N–H and O–H groups in total. The molecule has 3 aromatic carbocycles. The Balaban J connectivity index is 0.00000156. The summed E-state index contributed by atoms with van der Waals surface area (Å²) in [6, 6.07) is 30.9. The van der Waals surface area contributed by atoms with E-state index in [4.69, 9.17) is 5.26 Å². The number of benzene rings is 3. The van der Waals surface area contributed by atoms with Gasteiger partial charge in [0.05, 0.1) is 17.7 Å². The third kappa shape index (κ3) is 4.45. The van der Waals surface area contributed by atoms with Gasteiger partial charge < -0.3 is 17.7 Å². The van der Waals surface area contributed by atoms with Crippen LogP contribution in [-0.4, -0.2) is 0 Å². The minimum absolute atomic E-state index is 0. The summed E-state index contributed by atoms with van der Waals surface area (Å²) in [4.78, 5) is 0. The molecule has 3 rings (SSSR count). The van der Waals surface area contributed by atoms with Crippen LogP contribution in [0.2, 0.25) is 0 Å². The molecule has 24 heavy (non-hydrogen) atoms. The van der Waals surface area contributed by atoms with E-state index in [-0.39, 0.29) is 19.9 Å². The van der Waals surface area contributed by atoms with Crippen LogP contribution in [-0.2, 0) is 6.54 Å². The van der Waals surface area contributed by atoms with Gasteiger partial charge in [-0.05, 0) is 28.8 Å². The monoisotopic (exact) mass is 334 g/mol. The van der Waals surface area contributed by atoms with Gasteiger partial charge in [0.1, 0.15) is 0 Å². The number of nitrogens with one attached hydrogen (secondary N) is 1. The molecule has 0 spiro atoms. The maximum absolute atomic E-state index is 8.88. The highest BCUT2D eigenvalue weighted by atomic mass is 35.5. The second kappa shape index (κ2) is 8.88. The minimum Gasteiger partial charge on any atom is -1.00 e. The van der Waals surface area contributed by atoms with Gasteiger partial charge in [-0.3, -0.25) is 0 Å². The van der Waals surface area contributed by atoms with Crippen LogP contribution in [0.15, 0.2) is 84.9 Å². The lowest BCUT2D eigenvalue weighted by Crippen LogP contribution is -3.00. The van der Waals surface area contributed by atoms with Gasteiger partial charge in [0.15, 0.2) is 0 Å². The van der Waals surface area contributed by atoms with E-state index in [2.05, 4.69) is 59.9 Å². The SMILES string of the molecule is N#Cc1ccc(CNC(c2ccccc2)c2ccccc2)cc1.[Cl-].[H+]. The fourth-order valence-corrected chi connectivity index (χ4v) is 2.64. The molecule has 0 unspecified atom stereocenters. The van der Waals surface area contributed by atoms with Gasteiger partial charge in [-0.2, -0.15) is 5.26 Å². The molecule has 0 fully saturated rings. The van der Waals surface area contributed by atoms with Crippen molar-refractivity contribution < 1.29 is 13.8 Å². The summed E-state index contributed by atoms with van der Waals surface area (Å²) in [6.45, 7) is 0.750. The molecule has 3 heteroatoms. The third-order valence-corrected chi connectivity index (χ3v) is 3.86. The average Bonchev–Trinajstić information content (AvgIpc) is 2.64. The van der Waals surface area contributed by atoms with Gasteiger partial charge in [0, 0.05) is 6.54 Å². The summed E-state index contributed by atoms with van der Waals surface area (Å²) < 4.78 is 0. The van der Waals surface area contributed by atoms with Crippen LogP contribution in [0.4, 0.5) is 0 Å². The molecule has 0 bridgehead atoms. The lowest BCUT2D eigenvalue weighted by atomic mass is 9.98. The highest BCUT2D eigenvalue weighted by Crippen LogP contribution is 2.22. The largest absolute Gasteiger partial charge is 1.00 e. The van der Waals surface area contributed by atoms with Crippen LogP contribution in [0, 0.1) is 11.3 Å². The van der Waals surface area contributed by atoms with Gasteiger partial charge in [-0.15, -0.1) is 0 Å². The lowest BCUT2D eigenvalue weighted by molar-refractivity contribution is -0.00000479. The lowest BCUT2D eigenvalue weighted by Gasteiger charge is -2.20. The van der Waals surface area contributed by atoms with Crippen molar-refractivity contribution in [2.75, 3.05) is 0 Å². The first-order valence-electron chi connectivity index (χ1n) is 7.69. The van der Waals surface area contributed by atoms with E-state index in [1.54, 1.807) is 0 Å². The molecule has 0 aliphatic rings. The molecular weight excluding hydrogens is 316 g/mol. The molecule has 0 aliphatic carbocycles. The van der Waals surface area contributed by atoms with Crippen LogP contribution in [0.3, 0.4) is 0 Å². The summed E-state index contributed by atoms with van der Waals surface area (Å²) in [5, 5.41) is 12.5. The number of nitrogens with zero attached hydrogens (tertiary/aromatic N) is 1. The van der Waals surface area contributed by atoms with E-state index in [0.29, 0.717) is 5.56 Å². The smallest absolute Gasteiger partial charge is 1.00 e. The summed E-state index contributed by atoms with van der Waals surface area (Å²) in [5.74, 6) is 0. The highest BCUT2D eigenvalue weighted by molar-refractivity contribution is 5.33. The van der Waals surface area contributed by atoms with Crippen molar-refractivity contribution in [2.24, 2.45) is 0 Å². The van der Waals surface area contributed by atoms with Crippen LogP contribution >= 0.6 is 0 Å². The Bertz CT molecular complexity index is 744. The van der Waals surface area contributed by atoms with Crippen LogP contribution in [0.5, 0.6) is 0 Å². The zero-order valence-electron chi connectivity index (χ0n) is 14.2. The van der Waals surface area contributed by atoms with Crippen molar-refractivity contribution >= 4 is 0 Å². The van der Waals surface area contributed by atoms with Gasteiger partial charge in [0.25, 0.3) is 0 Å². The Morgan fingerprint density at radius 1 is 0.792 bits per heavy atom. The van der Waals surface area contributed by atoms with Gasteiger partial charge in [-0.1, -0.05) is 72.8 Å². The normalized spacial score (nSPS) is 10.0. The van der Waals surface area contributed by atoms with Crippen LogP contribution in [0.1, 0.15) is 29.7 Å². The molecule has 3 aromatic rings. The number of hydrogen-bond acceptors (Lipinski definition) is 2. The van der Waals surface area contributed by atoms with E-state index in [1.165, 1.54) is 16.7 Å². The molecule has 0 aliphatic heterocycles. The van der Waals surface area contributed by atoms with Gasteiger partial charge >= 0.3 is 1.43 Å². The Hall–Kier alpha value is -2.60. The highest BCUT2D eigenvalue weighted by Gasteiger charge is 2.12. The number of hydrogen-bond donors (Lipinski definition) is 1. The van der Waals surface area contributed by atoms with Crippen LogP contribution in [0.25, 0.3) is 0 Å². The predicted molar refractivity (Wildman–Crippen MR) is 93.8 cm³/mol. The first-order chi connectivity index (χ1) is 11.4. The first kappa shape index (κ1) is 17.7. The quantitative estimate of drug-likeness (QED) is 0.768. The van der Waals surface area contributed by atoms with Crippen molar-refractivity contribution in [3.05, 3.63) is 107 Å². The van der Waals surface area contributed by atoms with Crippen molar-refractivity contribution in [3.8, 4) is 6.07 Å². The molecule has 2 nitrogen and oxygen atoms in total.